The number of carbonyl (C=O) groups is 2. The Labute approximate surface area is 278 Å². The van der Waals surface area contributed by atoms with Crippen molar-refractivity contribution in [2.45, 2.75) is 69.6 Å². The van der Waals surface area contributed by atoms with Gasteiger partial charge in [-0.1, -0.05) is 55.5 Å². The molecule has 11 heteroatoms. The van der Waals surface area contributed by atoms with E-state index >= 15 is 0 Å². The Hall–Kier alpha value is -3.93. The normalized spacial score (nSPS) is 20.3. The van der Waals surface area contributed by atoms with Gasteiger partial charge in [-0.15, -0.1) is 0 Å². The van der Waals surface area contributed by atoms with Crippen molar-refractivity contribution in [3.63, 3.8) is 0 Å². The van der Waals surface area contributed by atoms with Gasteiger partial charge in [-0.3, -0.25) is 14.3 Å². The van der Waals surface area contributed by atoms with E-state index in [1.807, 2.05) is 44.2 Å². The predicted molar refractivity (Wildman–Crippen MR) is 182 cm³/mol. The van der Waals surface area contributed by atoms with Crippen LogP contribution in [0.25, 0.3) is 0 Å². The number of fused-ring (bicyclic) bond motifs is 1. The first-order chi connectivity index (χ1) is 22.5. The molecular formula is C36H47N3O7S. The van der Waals surface area contributed by atoms with Gasteiger partial charge in [0.2, 0.25) is 5.91 Å². The van der Waals surface area contributed by atoms with Crippen LogP contribution < -0.4 is 9.46 Å². The number of nitrogens with zero attached hydrogens (tertiary/aromatic N) is 2. The van der Waals surface area contributed by atoms with E-state index in [4.69, 9.17) is 9.47 Å². The lowest BCUT2D eigenvalue weighted by Crippen LogP contribution is -2.48. The standard InChI is InChI=1S/C36H47N3O7S/c1-26-23-39(27(2)25-40)36(42)32-22-30(37-47(43,44)31-16-9-6-10-17-31)18-19-33(32)46-28(3)13-11-12-20-45-34(26)24-38(4)35(41)21-29-14-7-5-8-15-29/h5-10,14-19,22,26-28,34,37,40H,11-13,20-21,23-25H2,1-4H3/t26-,27+,28-,34+/m1/s1. The van der Waals surface area contributed by atoms with Gasteiger partial charge in [0.15, 0.2) is 0 Å². The molecule has 1 heterocycles. The average Bonchev–Trinajstić information content (AvgIpc) is 3.06. The molecule has 4 rings (SSSR count). The summed E-state index contributed by atoms with van der Waals surface area (Å²) in [6.07, 6.45) is 2.01. The van der Waals surface area contributed by atoms with Crippen LogP contribution in [-0.2, 0) is 26.0 Å². The topological polar surface area (TPSA) is 125 Å². The number of sulfonamides is 1. The van der Waals surface area contributed by atoms with Crippen molar-refractivity contribution in [2.75, 3.05) is 38.1 Å². The predicted octanol–water partition coefficient (Wildman–Crippen LogP) is 4.98. The van der Waals surface area contributed by atoms with E-state index in [-0.39, 0.29) is 59.8 Å². The molecular weight excluding hydrogens is 618 g/mol. The first kappa shape index (κ1) is 35.9. The number of likely N-dealkylation sites (N-methyl/N-ethyl adjacent to an activating group) is 1. The summed E-state index contributed by atoms with van der Waals surface area (Å²) in [7, 11) is -2.15. The lowest BCUT2D eigenvalue weighted by atomic mass is 10.0. The van der Waals surface area contributed by atoms with E-state index in [0.29, 0.717) is 25.3 Å². The highest BCUT2D eigenvalue weighted by atomic mass is 32.2. The number of hydrogen-bond donors (Lipinski definition) is 2. The Morgan fingerprint density at radius 3 is 2.40 bits per heavy atom. The van der Waals surface area contributed by atoms with Gasteiger partial charge in [-0.25, -0.2) is 8.42 Å². The molecule has 0 unspecified atom stereocenters. The third-order valence-corrected chi connectivity index (χ3v) is 9.83. The summed E-state index contributed by atoms with van der Waals surface area (Å²) in [4.78, 5) is 30.8. The number of benzene rings is 3. The summed E-state index contributed by atoms with van der Waals surface area (Å²) in [6, 6.07) is 21.7. The fourth-order valence-electron chi connectivity index (χ4n) is 5.54. The molecule has 0 saturated heterocycles. The molecule has 0 bridgehead atoms. The first-order valence-corrected chi connectivity index (χ1v) is 17.7. The van der Waals surface area contributed by atoms with Crippen molar-refractivity contribution in [2.24, 2.45) is 5.92 Å². The summed E-state index contributed by atoms with van der Waals surface area (Å²) in [5, 5.41) is 10.2. The molecule has 3 aromatic rings. The lowest BCUT2D eigenvalue weighted by molar-refractivity contribution is -0.131. The maximum atomic E-state index is 14.3. The molecule has 0 radical (unpaired) electrons. The van der Waals surface area contributed by atoms with E-state index in [9.17, 15) is 23.1 Å². The maximum Gasteiger partial charge on any atom is 0.261 e. The van der Waals surface area contributed by atoms with Gasteiger partial charge in [0, 0.05) is 38.3 Å². The van der Waals surface area contributed by atoms with Crippen LogP contribution in [0.1, 0.15) is 56.0 Å². The summed E-state index contributed by atoms with van der Waals surface area (Å²) >= 11 is 0. The van der Waals surface area contributed by atoms with Gasteiger partial charge in [0.25, 0.3) is 15.9 Å². The van der Waals surface area contributed by atoms with Crippen molar-refractivity contribution in [1.29, 1.82) is 0 Å². The molecule has 4 atom stereocenters. The highest BCUT2D eigenvalue weighted by molar-refractivity contribution is 7.92. The zero-order chi connectivity index (χ0) is 34.0. The summed E-state index contributed by atoms with van der Waals surface area (Å²) < 4.78 is 41.4. The number of anilines is 1. The number of ether oxygens (including phenoxy) is 2. The number of carbonyl (C=O) groups excluding carboxylic acids is 2. The quantitative estimate of drug-likeness (QED) is 0.330. The van der Waals surface area contributed by atoms with Crippen molar-refractivity contribution in [1.82, 2.24) is 9.80 Å². The van der Waals surface area contributed by atoms with Gasteiger partial charge in [-0.05, 0) is 69.0 Å². The Bertz CT molecular complexity index is 1570. The van der Waals surface area contributed by atoms with Gasteiger partial charge >= 0.3 is 0 Å². The smallest absolute Gasteiger partial charge is 0.261 e. The molecule has 10 nitrogen and oxygen atoms in total. The second-order valence-corrected chi connectivity index (χ2v) is 14.0. The highest BCUT2D eigenvalue weighted by Crippen LogP contribution is 2.29. The van der Waals surface area contributed by atoms with E-state index < -0.39 is 22.0 Å². The van der Waals surface area contributed by atoms with E-state index in [0.717, 1.165) is 18.4 Å². The zero-order valence-corrected chi connectivity index (χ0v) is 28.5. The summed E-state index contributed by atoms with van der Waals surface area (Å²) in [6.45, 7) is 6.43. The fraction of sp³-hybridized carbons (Fsp3) is 0.444. The number of rotatable bonds is 9. The van der Waals surface area contributed by atoms with Crippen molar-refractivity contribution in [3.05, 3.63) is 90.0 Å². The molecule has 2 amide bonds. The Morgan fingerprint density at radius 2 is 1.72 bits per heavy atom. The highest BCUT2D eigenvalue weighted by Gasteiger charge is 2.31. The molecule has 0 spiro atoms. The Morgan fingerprint density at radius 1 is 1.04 bits per heavy atom. The third kappa shape index (κ3) is 10.0. The van der Waals surface area contributed by atoms with Crippen LogP contribution in [0.5, 0.6) is 5.75 Å². The lowest BCUT2D eigenvalue weighted by Gasteiger charge is -2.36. The van der Waals surface area contributed by atoms with Crippen molar-refractivity contribution in [3.8, 4) is 5.75 Å². The number of aliphatic hydroxyl groups is 1. The van der Waals surface area contributed by atoms with E-state index in [1.165, 1.54) is 18.2 Å². The van der Waals surface area contributed by atoms with E-state index in [2.05, 4.69) is 4.72 Å². The fourth-order valence-corrected chi connectivity index (χ4v) is 6.61. The molecule has 47 heavy (non-hydrogen) atoms. The largest absolute Gasteiger partial charge is 0.490 e. The minimum atomic E-state index is -3.91. The molecule has 0 fully saturated rings. The average molecular weight is 666 g/mol. The second kappa shape index (κ2) is 16.8. The van der Waals surface area contributed by atoms with E-state index in [1.54, 1.807) is 54.1 Å². The second-order valence-electron chi connectivity index (χ2n) is 12.4. The SMILES string of the molecule is C[C@@H]1CCCCO[C@@H](CN(C)C(=O)Cc2ccccc2)[C@H](C)CN([C@@H](C)CO)C(=O)c2cc(NS(=O)(=O)c3ccccc3)ccc2O1. The Kier molecular flexibility index (Phi) is 12.8. The molecule has 3 aromatic carbocycles. The van der Waals surface area contributed by atoms with Gasteiger partial charge in [0.1, 0.15) is 5.75 Å². The summed E-state index contributed by atoms with van der Waals surface area (Å²) in [5.41, 5.74) is 1.32. The zero-order valence-electron chi connectivity index (χ0n) is 27.7. The summed E-state index contributed by atoms with van der Waals surface area (Å²) in [5.74, 6) is -0.325. The number of hydrogen-bond acceptors (Lipinski definition) is 7. The number of amides is 2. The van der Waals surface area contributed by atoms with Crippen LogP contribution >= 0.6 is 0 Å². The third-order valence-electron chi connectivity index (χ3n) is 8.43. The first-order valence-electron chi connectivity index (χ1n) is 16.2. The Balaban J connectivity index is 1.63. The maximum absolute atomic E-state index is 14.3. The minimum Gasteiger partial charge on any atom is -0.490 e. The van der Waals surface area contributed by atoms with Crippen LogP contribution in [0.4, 0.5) is 5.69 Å². The minimum absolute atomic E-state index is 0.0338. The molecule has 1 aliphatic heterocycles. The number of nitrogens with one attached hydrogen (secondary N) is 1. The van der Waals surface area contributed by atoms with Crippen LogP contribution in [-0.4, -0.2) is 86.7 Å². The van der Waals surface area contributed by atoms with Crippen molar-refractivity contribution >= 4 is 27.5 Å². The molecule has 2 N–H and O–H groups in total. The van der Waals surface area contributed by atoms with Gasteiger partial charge < -0.3 is 24.4 Å². The van der Waals surface area contributed by atoms with Crippen LogP contribution in [0.3, 0.4) is 0 Å². The molecule has 0 saturated carbocycles. The molecule has 0 aromatic heterocycles. The van der Waals surface area contributed by atoms with Gasteiger partial charge in [-0.2, -0.15) is 0 Å². The van der Waals surface area contributed by atoms with Crippen LogP contribution in [0.15, 0.2) is 83.8 Å². The van der Waals surface area contributed by atoms with Crippen LogP contribution in [0.2, 0.25) is 0 Å². The van der Waals surface area contributed by atoms with Crippen LogP contribution in [0, 0.1) is 5.92 Å². The number of aliphatic hydroxyl groups excluding tert-OH is 1. The van der Waals surface area contributed by atoms with Gasteiger partial charge in [0.05, 0.1) is 41.7 Å². The van der Waals surface area contributed by atoms with Crippen molar-refractivity contribution < 1.29 is 32.6 Å². The monoisotopic (exact) mass is 665 g/mol. The molecule has 1 aliphatic rings. The molecule has 254 valence electrons. The molecule has 0 aliphatic carbocycles.